The first-order chi connectivity index (χ1) is 8.15. The van der Waals surface area contributed by atoms with Gasteiger partial charge in [0, 0.05) is 17.5 Å². The van der Waals surface area contributed by atoms with Crippen LogP contribution < -0.4 is 5.32 Å². The van der Waals surface area contributed by atoms with Gasteiger partial charge < -0.3 is 5.32 Å². The Morgan fingerprint density at radius 3 is 3.00 bits per heavy atom. The van der Waals surface area contributed by atoms with Crippen molar-refractivity contribution in [3.63, 3.8) is 0 Å². The van der Waals surface area contributed by atoms with Crippen molar-refractivity contribution >= 4 is 16.9 Å². The van der Waals surface area contributed by atoms with E-state index in [2.05, 4.69) is 29.1 Å². The predicted octanol–water partition coefficient (Wildman–Crippen LogP) is 2.61. The van der Waals surface area contributed by atoms with E-state index < -0.39 is 0 Å². The molecule has 2 rings (SSSR count). The van der Waals surface area contributed by atoms with Crippen LogP contribution in [0.2, 0.25) is 0 Å². The minimum Gasteiger partial charge on any atom is -0.361 e. The molecule has 0 aliphatic carbocycles. The molecule has 0 spiro atoms. The van der Waals surface area contributed by atoms with Crippen LogP contribution in [0.15, 0.2) is 23.2 Å². The van der Waals surface area contributed by atoms with Gasteiger partial charge in [-0.2, -0.15) is 0 Å². The number of rotatable bonds is 3. The quantitative estimate of drug-likeness (QED) is 0.894. The summed E-state index contributed by atoms with van der Waals surface area (Å²) in [7, 11) is 0. The number of aryl methyl sites for hydroxylation is 1. The largest absolute Gasteiger partial charge is 0.361 e. The van der Waals surface area contributed by atoms with E-state index in [0.717, 1.165) is 22.3 Å². The molecule has 0 unspecified atom stereocenters. The van der Waals surface area contributed by atoms with Gasteiger partial charge in [-0.15, -0.1) is 0 Å². The van der Waals surface area contributed by atoms with Gasteiger partial charge in [-0.05, 0) is 25.0 Å². The van der Waals surface area contributed by atoms with Gasteiger partial charge in [-0.1, -0.05) is 31.7 Å². The molecule has 92 valence electrons. The molecule has 1 fully saturated rings. The lowest BCUT2D eigenvalue weighted by Gasteiger charge is -2.13. The highest BCUT2D eigenvalue weighted by Crippen LogP contribution is 2.19. The van der Waals surface area contributed by atoms with E-state index in [1.54, 1.807) is 0 Å². The normalized spacial score (nSPS) is 22.1. The number of hydrogen-bond donors (Lipinski definition) is 1. The molecule has 1 N–H and O–H groups in total. The Labute approximate surface area is 107 Å². The maximum absolute atomic E-state index is 4.57. The molecule has 1 aromatic heterocycles. The second-order valence-electron chi connectivity index (χ2n) is 4.70. The summed E-state index contributed by atoms with van der Waals surface area (Å²) in [5, 5.41) is 4.52. The van der Waals surface area contributed by atoms with Crippen LogP contribution in [0, 0.1) is 12.8 Å². The van der Waals surface area contributed by atoms with Crippen LogP contribution >= 0.6 is 11.8 Å². The molecular formula is C13H19N3S. The highest BCUT2D eigenvalue weighted by molar-refractivity contribution is 8.14. The molecule has 0 saturated carbocycles. The molecule has 0 aromatic carbocycles. The molecule has 1 saturated heterocycles. The highest BCUT2D eigenvalue weighted by atomic mass is 32.2. The van der Waals surface area contributed by atoms with Gasteiger partial charge in [0.05, 0.1) is 12.2 Å². The Morgan fingerprint density at radius 2 is 2.35 bits per heavy atom. The summed E-state index contributed by atoms with van der Waals surface area (Å²) in [6, 6.07) is 6.62. The van der Waals surface area contributed by atoms with E-state index in [9.17, 15) is 0 Å². The third-order valence-electron chi connectivity index (χ3n) is 2.84. The zero-order valence-electron chi connectivity index (χ0n) is 10.6. The maximum atomic E-state index is 4.57. The Bertz CT molecular complexity index is 415. The lowest BCUT2D eigenvalue weighted by Crippen LogP contribution is -2.31. The Hall–Kier alpha value is -1.03. The molecule has 4 heteroatoms. The monoisotopic (exact) mass is 249 g/mol. The third kappa shape index (κ3) is 3.46. The van der Waals surface area contributed by atoms with Gasteiger partial charge in [0.25, 0.3) is 0 Å². The molecule has 1 aromatic rings. The van der Waals surface area contributed by atoms with Crippen molar-refractivity contribution in [1.29, 1.82) is 0 Å². The zero-order chi connectivity index (χ0) is 12.3. The molecular weight excluding hydrogens is 230 g/mol. The second kappa shape index (κ2) is 5.54. The van der Waals surface area contributed by atoms with Crippen molar-refractivity contribution in [3.8, 4) is 0 Å². The summed E-state index contributed by atoms with van der Waals surface area (Å²) in [5.74, 6) is 1.78. The fourth-order valence-corrected chi connectivity index (χ4v) is 2.90. The molecule has 1 aliphatic heterocycles. The van der Waals surface area contributed by atoms with Crippen molar-refractivity contribution < 1.29 is 0 Å². The molecule has 1 atom stereocenters. The first kappa shape index (κ1) is 12.4. The minimum absolute atomic E-state index is 0.559. The molecule has 0 bridgehead atoms. The van der Waals surface area contributed by atoms with Crippen molar-refractivity contribution in [3.05, 3.63) is 29.6 Å². The predicted molar refractivity (Wildman–Crippen MR) is 74.3 cm³/mol. The van der Waals surface area contributed by atoms with E-state index in [1.165, 1.54) is 0 Å². The summed E-state index contributed by atoms with van der Waals surface area (Å²) in [4.78, 5) is 9.02. The number of amidine groups is 1. The fourth-order valence-electron chi connectivity index (χ4n) is 1.70. The number of aliphatic imine (C=N–C) groups is 1. The summed E-state index contributed by atoms with van der Waals surface area (Å²) in [6.07, 6.45) is 0. The zero-order valence-corrected chi connectivity index (χ0v) is 11.4. The standard InChI is InChI=1S/C13H19N3S/c1-9(2)12-8-17-13(16-12)14-7-11-6-4-5-10(3)15-11/h4-6,9,12H,7-8H2,1-3H3,(H,14,16)/t12-/m1/s1. The van der Waals surface area contributed by atoms with Crippen molar-refractivity contribution in [1.82, 2.24) is 10.3 Å². The molecule has 3 nitrogen and oxygen atoms in total. The van der Waals surface area contributed by atoms with E-state index in [-0.39, 0.29) is 0 Å². The Balaban J connectivity index is 1.94. The number of aromatic nitrogens is 1. The first-order valence-corrected chi connectivity index (χ1v) is 7.00. The topological polar surface area (TPSA) is 37.3 Å². The van der Waals surface area contributed by atoms with Gasteiger partial charge >= 0.3 is 0 Å². The van der Waals surface area contributed by atoms with Crippen LogP contribution in [0.1, 0.15) is 25.2 Å². The van der Waals surface area contributed by atoms with Crippen molar-refractivity contribution in [2.75, 3.05) is 5.75 Å². The smallest absolute Gasteiger partial charge is 0.157 e. The lowest BCUT2D eigenvalue weighted by molar-refractivity contribution is 0.503. The highest BCUT2D eigenvalue weighted by Gasteiger charge is 2.22. The van der Waals surface area contributed by atoms with Gasteiger partial charge in [-0.3, -0.25) is 9.98 Å². The van der Waals surface area contributed by atoms with Gasteiger partial charge in [0.1, 0.15) is 0 Å². The molecule has 1 aliphatic rings. The number of nitrogens with zero attached hydrogens (tertiary/aromatic N) is 2. The number of nitrogens with one attached hydrogen (secondary N) is 1. The van der Waals surface area contributed by atoms with Crippen LogP contribution in [-0.4, -0.2) is 21.9 Å². The third-order valence-corrected chi connectivity index (χ3v) is 3.89. The van der Waals surface area contributed by atoms with Crippen LogP contribution in [0.5, 0.6) is 0 Å². The molecule has 0 radical (unpaired) electrons. The van der Waals surface area contributed by atoms with Crippen LogP contribution in [0.25, 0.3) is 0 Å². The first-order valence-electron chi connectivity index (χ1n) is 6.01. The van der Waals surface area contributed by atoms with Gasteiger partial charge in [0.2, 0.25) is 0 Å². The summed E-state index contributed by atoms with van der Waals surface area (Å²) < 4.78 is 0. The van der Waals surface area contributed by atoms with Gasteiger partial charge in [0.15, 0.2) is 5.17 Å². The average Bonchev–Trinajstić information content (AvgIpc) is 2.75. The van der Waals surface area contributed by atoms with Crippen LogP contribution in [-0.2, 0) is 6.54 Å². The van der Waals surface area contributed by atoms with Crippen LogP contribution in [0.4, 0.5) is 0 Å². The average molecular weight is 249 g/mol. The Morgan fingerprint density at radius 1 is 1.53 bits per heavy atom. The van der Waals surface area contributed by atoms with E-state index >= 15 is 0 Å². The molecule has 2 heterocycles. The molecule has 17 heavy (non-hydrogen) atoms. The minimum atomic E-state index is 0.559. The lowest BCUT2D eigenvalue weighted by atomic mass is 10.1. The van der Waals surface area contributed by atoms with Crippen molar-refractivity contribution in [2.45, 2.75) is 33.4 Å². The Kier molecular flexibility index (Phi) is 4.05. The summed E-state index contributed by atoms with van der Waals surface area (Å²) in [5.41, 5.74) is 2.09. The second-order valence-corrected chi connectivity index (χ2v) is 5.71. The molecule has 0 amide bonds. The number of pyridine rings is 1. The van der Waals surface area contributed by atoms with Gasteiger partial charge in [-0.25, -0.2) is 0 Å². The van der Waals surface area contributed by atoms with E-state index in [4.69, 9.17) is 0 Å². The number of hydrogen-bond acceptors (Lipinski definition) is 3. The SMILES string of the molecule is Cc1cccc(CN=C2N[C@@H](C(C)C)CS2)n1. The van der Waals surface area contributed by atoms with Crippen molar-refractivity contribution in [2.24, 2.45) is 10.9 Å². The summed E-state index contributed by atoms with van der Waals surface area (Å²) >= 11 is 1.81. The van der Waals surface area contributed by atoms with Crippen LogP contribution in [0.3, 0.4) is 0 Å². The van der Waals surface area contributed by atoms with E-state index in [1.807, 2.05) is 36.9 Å². The number of thioether (sulfide) groups is 1. The maximum Gasteiger partial charge on any atom is 0.157 e. The summed E-state index contributed by atoms with van der Waals surface area (Å²) in [6.45, 7) is 7.16. The fraction of sp³-hybridized carbons (Fsp3) is 0.538. The van der Waals surface area contributed by atoms with E-state index in [0.29, 0.717) is 18.5 Å².